The number of nitrogen functional groups attached to an aromatic ring is 1. The van der Waals surface area contributed by atoms with Crippen molar-refractivity contribution in [2.75, 3.05) is 12.8 Å². The second-order valence-corrected chi connectivity index (χ2v) is 4.04. The smallest absolute Gasteiger partial charge is 0.360 e. The Kier molecular flexibility index (Phi) is 3.62. The summed E-state index contributed by atoms with van der Waals surface area (Å²) in [5, 5.41) is 0.262. The number of carbonyl (C=O) groups is 1. The lowest BCUT2D eigenvalue weighted by molar-refractivity contribution is 0.0595. The fourth-order valence-corrected chi connectivity index (χ4v) is 1.63. The first-order valence-electron chi connectivity index (χ1n) is 5.19. The zero-order chi connectivity index (χ0) is 14.0. The lowest BCUT2D eigenvalue weighted by atomic mass is 10.1. The molecule has 0 fully saturated rings. The van der Waals surface area contributed by atoms with Gasteiger partial charge in [-0.25, -0.2) is 19.2 Å². The number of rotatable bonds is 2. The van der Waals surface area contributed by atoms with Gasteiger partial charge in [0.05, 0.1) is 19.0 Å². The number of carbonyl (C=O) groups excluding carboxylic acids is 1. The Balaban J connectivity index is 2.54. The number of halogens is 2. The molecule has 0 aliphatic carbocycles. The normalized spacial score (nSPS) is 10.3. The maximum Gasteiger partial charge on any atom is 0.360 e. The van der Waals surface area contributed by atoms with Crippen LogP contribution in [0.3, 0.4) is 0 Å². The summed E-state index contributed by atoms with van der Waals surface area (Å²) >= 11 is 5.66. The van der Waals surface area contributed by atoms with Gasteiger partial charge >= 0.3 is 5.97 Å². The summed E-state index contributed by atoms with van der Waals surface area (Å²) in [4.78, 5) is 19.2. The lowest BCUT2D eigenvalue weighted by Gasteiger charge is -2.06. The van der Waals surface area contributed by atoms with Crippen molar-refractivity contribution in [1.82, 2.24) is 9.97 Å². The van der Waals surface area contributed by atoms with E-state index in [-0.39, 0.29) is 27.8 Å². The van der Waals surface area contributed by atoms with Crippen molar-refractivity contribution >= 4 is 23.4 Å². The quantitative estimate of drug-likeness (QED) is 0.855. The molecule has 0 radical (unpaired) electrons. The standard InChI is InChI=1S/C12H9ClFN3O2/c1-19-12(18)10-11(15)16-5-9(17-10)7-3-2-6(13)4-8(7)14/h2-5H,1H3,(H2,15,16). The average molecular weight is 282 g/mol. The molecule has 0 aliphatic rings. The highest BCUT2D eigenvalue weighted by molar-refractivity contribution is 6.30. The van der Waals surface area contributed by atoms with Crippen LogP contribution in [0.25, 0.3) is 11.3 Å². The molecule has 0 saturated carbocycles. The van der Waals surface area contributed by atoms with Crippen LogP contribution in [0.4, 0.5) is 10.2 Å². The van der Waals surface area contributed by atoms with E-state index < -0.39 is 11.8 Å². The molecule has 0 aliphatic heterocycles. The van der Waals surface area contributed by atoms with Crippen LogP contribution in [0.15, 0.2) is 24.4 Å². The molecule has 19 heavy (non-hydrogen) atoms. The van der Waals surface area contributed by atoms with Gasteiger partial charge in [-0.3, -0.25) is 0 Å². The van der Waals surface area contributed by atoms with Gasteiger partial charge in [-0.1, -0.05) is 11.6 Å². The number of esters is 1. The molecule has 2 N–H and O–H groups in total. The molecule has 98 valence electrons. The fraction of sp³-hybridized carbons (Fsp3) is 0.0833. The summed E-state index contributed by atoms with van der Waals surface area (Å²) in [7, 11) is 1.19. The maximum atomic E-state index is 13.8. The van der Waals surface area contributed by atoms with Gasteiger partial charge in [0, 0.05) is 10.6 Å². The average Bonchev–Trinajstić information content (AvgIpc) is 2.39. The number of nitrogens with zero attached hydrogens (tertiary/aromatic N) is 2. The van der Waals surface area contributed by atoms with Crippen LogP contribution in [0.5, 0.6) is 0 Å². The third kappa shape index (κ3) is 2.63. The summed E-state index contributed by atoms with van der Waals surface area (Å²) in [6, 6.07) is 4.10. The number of ether oxygens (including phenoxy) is 1. The van der Waals surface area contributed by atoms with Crippen molar-refractivity contribution in [3.8, 4) is 11.3 Å². The second kappa shape index (κ2) is 5.19. The van der Waals surface area contributed by atoms with Crippen LogP contribution in [-0.4, -0.2) is 23.0 Å². The molecule has 0 saturated heterocycles. The van der Waals surface area contributed by atoms with Gasteiger partial charge in [0.1, 0.15) is 5.82 Å². The minimum absolute atomic E-state index is 0.0787. The van der Waals surface area contributed by atoms with Crippen LogP contribution in [0.1, 0.15) is 10.5 Å². The first kappa shape index (κ1) is 13.2. The zero-order valence-electron chi connectivity index (χ0n) is 9.85. The summed E-state index contributed by atoms with van der Waals surface area (Å²) in [5.41, 5.74) is 5.70. The summed E-state index contributed by atoms with van der Waals surface area (Å²) in [6.45, 7) is 0. The number of hydrogen-bond donors (Lipinski definition) is 1. The molecule has 1 aromatic carbocycles. The highest BCUT2D eigenvalue weighted by atomic mass is 35.5. The molecule has 0 spiro atoms. The summed E-state index contributed by atoms with van der Waals surface area (Å²) < 4.78 is 18.3. The maximum absolute atomic E-state index is 13.8. The van der Waals surface area contributed by atoms with Gasteiger partial charge in [-0.05, 0) is 18.2 Å². The number of hydrogen-bond acceptors (Lipinski definition) is 5. The Morgan fingerprint density at radius 3 is 2.84 bits per heavy atom. The van der Waals surface area contributed by atoms with Gasteiger partial charge in [0.15, 0.2) is 11.5 Å². The van der Waals surface area contributed by atoms with Crippen molar-refractivity contribution in [2.45, 2.75) is 0 Å². The Hall–Kier alpha value is -2.21. The summed E-state index contributed by atoms with van der Waals surface area (Å²) in [6.07, 6.45) is 1.27. The minimum Gasteiger partial charge on any atom is -0.464 e. The van der Waals surface area contributed by atoms with Crippen LogP contribution in [-0.2, 0) is 4.74 Å². The van der Waals surface area contributed by atoms with E-state index in [1.165, 1.54) is 25.4 Å². The molecular weight excluding hydrogens is 273 g/mol. The van der Waals surface area contributed by atoms with Crippen LogP contribution >= 0.6 is 11.6 Å². The SMILES string of the molecule is COC(=O)c1nc(-c2ccc(Cl)cc2F)cnc1N. The third-order valence-electron chi connectivity index (χ3n) is 2.39. The molecule has 7 heteroatoms. The predicted octanol–water partition coefficient (Wildman–Crippen LogP) is 2.30. The lowest BCUT2D eigenvalue weighted by Crippen LogP contribution is -2.10. The first-order valence-corrected chi connectivity index (χ1v) is 5.57. The van der Waals surface area contributed by atoms with E-state index in [0.717, 1.165) is 6.07 Å². The number of anilines is 1. The molecule has 1 aromatic heterocycles. The van der Waals surface area contributed by atoms with Crippen molar-refractivity contribution in [2.24, 2.45) is 0 Å². The van der Waals surface area contributed by atoms with E-state index in [0.29, 0.717) is 0 Å². The Morgan fingerprint density at radius 1 is 1.47 bits per heavy atom. The van der Waals surface area contributed by atoms with Gasteiger partial charge in [-0.15, -0.1) is 0 Å². The van der Waals surface area contributed by atoms with E-state index in [9.17, 15) is 9.18 Å². The zero-order valence-corrected chi connectivity index (χ0v) is 10.6. The first-order chi connectivity index (χ1) is 9.02. The van der Waals surface area contributed by atoms with E-state index in [2.05, 4.69) is 14.7 Å². The molecule has 0 amide bonds. The number of benzene rings is 1. The molecular formula is C12H9ClFN3O2. The highest BCUT2D eigenvalue weighted by Gasteiger charge is 2.16. The molecule has 0 unspecified atom stereocenters. The number of nitrogens with two attached hydrogens (primary N) is 1. The van der Waals surface area contributed by atoms with E-state index in [1.807, 2.05) is 0 Å². The van der Waals surface area contributed by atoms with Gasteiger partial charge in [-0.2, -0.15) is 0 Å². The molecule has 1 heterocycles. The van der Waals surface area contributed by atoms with Gasteiger partial charge in [0.25, 0.3) is 0 Å². The number of aromatic nitrogens is 2. The van der Waals surface area contributed by atoms with Gasteiger partial charge in [0.2, 0.25) is 0 Å². The van der Waals surface area contributed by atoms with Crippen LogP contribution in [0, 0.1) is 5.82 Å². The molecule has 0 bridgehead atoms. The van der Waals surface area contributed by atoms with Gasteiger partial charge < -0.3 is 10.5 Å². The largest absolute Gasteiger partial charge is 0.464 e. The molecule has 2 rings (SSSR count). The minimum atomic E-state index is -0.735. The van der Waals surface area contributed by atoms with Crippen molar-refractivity contribution in [1.29, 1.82) is 0 Å². The summed E-state index contributed by atoms with van der Waals surface area (Å²) in [5.74, 6) is -1.38. The van der Waals surface area contributed by atoms with Crippen molar-refractivity contribution in [3.05, 3.63) is 40.9 Å². The topological polar surface area (TPSA) is 78.1 Å². The van der Waals surface area contributed by atoms with E-state index >= 15 is 0 Å². The van der Waals surface area contributed by atoms with Crippen molar-refractivity contribution < 1.29 is 13.9 Å². The Labute approximate surface area is 113 Å². The van der Waals surface area contributed by atoms with E-state index in [4.69, 9.17) is 17.3 Å². The molecule has 2 aromatic rings. The monoisotopic (exact) mass is 281 g/mol. The Morgan fingerprint density at radius 2 is 2.21 bits per heavy atom. The van der Waals surface area contributed by atoms with Crippen molar-refractivity contribution in [3.63, 3.8) is 0 Å². The molecule has 0 atom stereocenters. The fourth-order valence-electron chi connectivity index (χ4n) is 1.47. The molecule has 5 nitrogen and oxygen atoms in total. The third-order valence-corrected chi connectivity index (χ3v) is 2.62. The number of methoxy groups -OCH3 is 1. The predicted molar refractivity (Wildman–Crippen MR) is 68.2 cm³/mol. The van der Waals surface area contributed by atoms with Crippen LogP contribution in [0.2, 0.25) is 5.02 Å². The van der Waals surface area contributed by atoms with E-state index in [1.54, 1.807) is 0 Å². The Bertz CT molecular complexity index is 649. The van der Waals surface area contributed by atoms with Crippen LogP contribution < -0.4 is 5.73 Å². The highest BCUT2D eigenvalue weighted by Crippen LogP contribution is 2.24. The second-order valence-electron chi connectivity index (χ2n) is 3.60.